The van der Waals surface area contributed by atoms with Crippen LogP contribution in [0.4, 0.5) is 20.4 Å². The lowest BCUT2D eigenvalue weighted by Gasteiger charge is -2.27. The Bertz CT molecular complexity index is 1200. The van der Waals surface area contributed by atoms with E-state index in [4.69, 9.17) is 4.74 Å². The maximum Gasteiger partial charge on any atom is 0.263 e. The smallest absolute Gasteiger partial charge is 0.263 e. The Morgan fingerprint density at radius 2 is 2.12 bits per heavy atom. The second kappa shape index (κ2) is 9.94. The Hall–Kier alpha value is -2.89. The zero-order valence-electron chi connectivity index (χ0n) is 17.4. The van der Waals surface area contributed by atoms with Crippen molar-refractivity contribution >= 4 is 50.4 Å². The molecule has 2 aromatic carbocycles. The lowest BCUT2D eigenvalue weighted by molar-refractivity contribution is -0.125. The van der Waals surface area contributed by atoms with E-state index in [1.54, 1.807) is 21.6 Å². The number of imidazole rings is 1. The zero-order valence-corrected chi connectivity index (χ0v) is 19.0. The molecule has 3 aromatic rings. The average molecular weight is 523 g/mol. The molecule has 174 valence electrons. The van der Waals surface area contributed by atoms with Crippen molar-refractivity contribution in [2.45, 2.75) is 19.4 Å². The average Bonchev–Trinajstić information content (AvgIpc) is 3.13. The van der Waals surface area contributed by atoms with Crippen LogP contribution in [0.25, 0.3) is 11.0 Å². The van der Waals surface area contributed by atoms with E-state index in [2.05, 4.69) is 26.2 Å². The predicted molar refractivity (Wildman–Crippen MR) is 122 cm³/mol. The van der Waals surface area contributed by atoms with Crippen LogP contribution in [-0.4, -0.2) is 52.8 Å². The molecule has 0 spiro atoms. The van der Waals surface area contributed by atoms with Gasteiger partial charge in [-0.3, -0.25) is 14.9 Å². The molecular formula is C22H21BrF2N4O4. The maximum absolute atomic E-state index is 13.0. The van der Waals surface area contributed by atoms with E-state index < -0.39 is 12.3 Å². The van der Waals surface area contributed by atoms with Crippen molar-refractivity contribution in [2.75, 3.05) is 36.6 Å². The molecule has 0 bridgehead atoms. The third-order valence-corrected chi connectivity index (χ3v) is 5.89. The van der Waals surface area contributed by atoms with E-state index in [1.165, 1.54) is 18.2 Å². The van der Waals surface area contributed by atoms with E-state index in [-0.39, 0.29) is 36.2 Å². The fourth-order valence-electron chi connectivity index (χ4n) is 3.65. The number of fused-ring (bicyclic) bond motifs is 1. The van der Waals surface area contributed by atoms with Gasteiger partial charge in [-0.05, 0) is 46.6 Å². The van der Waals surface area contributed by atoms with Gasteiger partial charge < -0.3 is 19.3 Å². The summed E-state index contributed by atoms with van der Waals surface area (Å²) in [6.45, 7) is 1.11. The molecule has 2 heterocycles. The molecule has 0 radical (unpaired) electrons. The van der Waals surface area contributed by atoms with Crippen LogP contribution in [0.15, 0.2) is 40.9 Å². The highest BCUT2D eigenvalue weighted by atomic mass is 79.9. The van der Waals surface area contributed by atoms with Crippen molar-refractivity contribution in [1.82, 2.24) is 9.55 Å². The summed E-state index contributed by atoms with van der Waals surface area (Å²) in [4.78, 5) is 31.2. The molecule has 0 unspecified atom stereocenters. The quantitative estimate of drug-likeness (QED) is 0.492. The Kier molecular flexibility index (Phi) is 7.01. The molecule has 33 heavy (non-hydrogen) atoms. The number of nitrogens with one attached hydrogen (secondary N) is 1. The first-order valence-corrected chi connectivity index (χ1v) is 11.1. The van der Waals surface area contributed by atoms with Crippen molar-refractivity contribution < 1.29 is 28.2 Å². The lowest BCUT2D eigenvalue weighted by atomic mass is 10.1. The van der Waals surface area contributed by atoms with Gasteiger partial charge in [0, 0.05) is 35.3 Å². The van der Waals surface area contributed by atoms with Gasteiger partial charge in [0.25, 0.3) is 18.2 Å². The lowest BCUT2D eigenvalue weighted by Crippen LogP contribution is -2.41. The first kappa shape index (κ1) is 23.3. The summed E-state index contributed by atoms with van der Waals surface area (Å²) in [6, 6.07) is 8.77. The Morgan fingerprint density at radius 3 is 2.85 bits per heavy atom. The molecule has 0 saturated carbocycles. The molecule has 11 heteroatoms. The van der Waals surface area contributed by atoms with Gasteiger partial charge in [-0.2, -0.15) is 0 Å². The van der Waals surface area contributed by atoms with Crippen LogP contribution in [0.5, 0.6) is 0 Å². The van der Waals surface area contributed by atoms with Crippen LogP contribution in [0.2, 0.25) is 0 Å². The van der Waals surface area contributed by atoms with E-state index in [0.717, 1.165) is 6.07 Å². The van der Waals surface area contributed by atoms with Gasteiger partial charge in [-0.15, -0.1) is 0 Å². The fourth-order valence-corrected chi connectivity index (χ4v) is 4.20. The summed E-state index contributed by atoms with van der Waals surface area (Å²) in [5, 5.41) is 12.0. The minimum absolute atomic E-state index is 0.00555. The van der Waals surface area contributed by atoms with Crippen molar-refractivity contribution in [1.29, 1.82) is 0 Å². The highest BCUT2D eigenvalue weighted by Crippen LogP contribution is 2.34. The monoisotopic (exact) mass is 522 g/mol. The number of halogens is 3. The highest BCUT2D eigenvalue weighted by Gasteiger charge is 2.24. The number of nitrogens with zero attached hydrogens (tertiary/aromatic N) is 3. The number of carbonyl (C=O) groups excluding carboxylic acids is 2. The largest absolute Gasteiger partial charge is 0.396 e. The normalized spacial score (nSPS) is 14.3. The molecule has 1 aliphatic rings. The summed E-state index contributed by atoms with van der Waals surface area (Å²) >= 11 is 3.52. The second-order valence-corrected chi connectivity index (χ2v) is 8.29. The van der Waals surface area contributed by atoms with E-state index in [0.29, 0.717) is 47.3 Å². The maximum atomic E-state index is 13.0. The van der Waals surface area contributed by atoms with Crippen molar-refractivity contribution in [3.8, 4) is 0 Å². The summed E-state index contributed by atoms with van der Waals surface area (Å²) < 4.78 is 33.6. The van der Waals surface area contributed by atoms with Crippen molar-refractivity contribution in [3.05, 3.63) is 52.0 Å². The number of hydrogen-bond acceptors (Lipinski definition) is 5. The van der Waals surface area contributed by atoms with Crippen LogP contribution < -0.4 is 10.2 Å². The number of aryl methyl sites for hydroxylation is 1. The molecule has 2 amide bonds. The number of alkyl halides is 2. The number of aliphatic hydroxyl groups is 1. The molecule has 1 fully saturated rings. The standard InChI is InChI=1S/C22H21BrF2N4O4/c23-15-10-18-16(11-17(15)28-6-8-33-12-19(28)31)26-22(29(18)5-2-7-30)27-21(32)14-4-1-3-13(9-14)20(24)25/h1,3-4,9-11,20,30H,2,5-8,12H2,(H,26,27,32). The third kappa shape index (κ3) is 4.90. The number of ether oxygens (including phenoxy) is 1. The van der Waals surface area contributed by atoms with Crippen LogP contribution in [0.1, 0.15) is 28.8 Å². The van der Waals surface area contributed by atoms with Crippen molar-refractivity contribution in [2.24, 2.45) is 0 Å². The molecular weight excluding hydrogens is 502 g/mol. The van der Waals surface area contributed by atoms with E-state index in [9.17, 15) is 23.5 Å². The number of rotatable bonds is 7. The first-order valence-electron chi connectivity index (χ1n) is 10.3. The molecule has 4 rings (SSSR count). The molecule has 0 atom stereocenters. The minimum atomic E-state index is -2.69. The van der Waals surface area contributed by atoms with Crippen molar-refractivity contribution in [3.63, 3.8) is 0 Å². The Balaban J connectivity index is 1.71. The number of anilines is 2. The van der Waals surface area contributed by atoms with Gasteiger partial charge in [-0.25, -0.2) is 13.8 Å². The van der Waals surface area contributed by atoms with Gasteiger partial charge in [-0.1, -0.05) is 12.1 Å². The van der Waals surface area contributed by atoms with E-state index in [1.807, 2.05) is 0 Å². The minimum Gasteiger partial charge on any atom is -0.396 e. The zero-order chi connectivity index (χ0) is 23.5. The molecule has 1 aromatic heterocycles. The highest BCUT2D eigenvalue weighted by molar-refractivity contribution is 9.10. The Morgan fingerprint density at radius 1 is 1.30 bits per heavy atom. The number of aromatic nitrogens is 2. The summed E-state index contributed by atoms with van der Waals surface area (Å²) in [6.07, 6.45) is -2.28. The number of aliphatic hydroxyl groups excluding tert-OH is 1. The van der Waals surface area contributed by atoms with E-state index >= 15 is 0 Å². The van der Waals surface area contributed by atoms with Gasteiger partial charge in [0.2, 0.25) is 5.95 Å². The number of amides is 2. The third-order valence-electron chi connectivity index (χ3n) is 5.26. The van der Waals surface area contributed by atoms with Gasteiger partial charge in [0.1, 0.15) is 6.61 Å². The number of hydrogen-bond donors (Lipinski definition) is 2. The first-order chi connectivity index (χ1) is 15.9. The summed E-state index contributed by atoms with van der Waals surface area (Å²) in [5.74, 6) is -0.544. The van der Waals surface area contributed by atoms with Crippen LogP contribution in [0, 0.1) is 0 Å². The molecule has 8 nitrogen and oxygen atoms in total. The van der Waals surface area contributed by atoms with Crippen LogP contribution in [-0.2, 0) is 16.1 Å². The molecule has 2 N–H and O–H groups in total. The second-order valence-electron chi connectivity index (χ2n) is 7.43. The molecule has 0 aliphatic carbocycles. The van der Waals surface area contributed by atoms with Gasteiger partial charge in [0.05, 0.1) is 23.3 Å². The number of morpholine rings is 1. The van der Waals surface area contributed by atoms with Gasteiger partial charge in [0.15, 0.2) is 0 Å². The number of carbonyl (C=O) groups is 2. The topological polar surface area (TPSA) is 96.7 Å². The predicted octanol–water partition coefficient (Wildman–Crippen LogP) is 3.73. The fraction of sp³-hybridized carbons (Fsp3) is 0.318. The molecule has 1 aliphatic heterocycles. The number of benzene rings is 2. The summed E-state index contributed by atoms with van der Waals surface area (Å²) in [7, 11) is 0. The van der Waals surface area contributed by atoms with Crippen LogP contribution in [0.3, 0.4) is 0 Å². The summed E-state index contributed by atoms with van der Waals surface area (Å²) in [5.41, 5.74) is 1.66. The molecule has 1 saturated heterocycles. The van der Waals surface area contributed by atoms with Gasteiger partial charge >= 0.3 is 0 Å². The Labute approximate surface area is 196 Å². The van der Waals surface area contributed by atoms with Crippen LogP contribution >= 0.6 is 15.9 Å². The SMILES string of the molecule is O=C(Nc1nc2cc(N3CCOCC3=O)c(Br)cc2n1CCCO)c1cccc(C(F)F)c1.